The van der Waals surface area contributed by atoms with Crippen molar-refractivity contribution in [3.8, 4) is 0 Å². The maximum atomic E-state index is 12.2. The molecule has 0 aliphatic carbocycles. The van der Waals surface area contributed by atoms with E-state index < -0.39 is 17.8 Å². The third-order valence-electron chi connectivity index (χ3n) is 3.97. The fraction of sp³-hybridized carbons (Fsp3) is 0.263. The summed E-state index contributed by atoms with van der Waals surface area (Å²) >= 11 is 1.60. The molecule has 138 valence electrons. The fourth-order valence-corrected chi connectivity index (χ4v) is 3.51. The van der Waals surface area contributed by atoms with E-state index in [-0.39, 0.29) is 5.57 Å². The van der Waals surface area contributed by atoms with Gasteiger partial charge in [-0.2, -0.15) is 14.3 Å². The van der Waals surface area contributed by atoms with Gasteiger partial charge < -0.3 is 5.32 Å². The normalized spacial score (nSPS) is 14.5. The molecule has 1 N–H and O–H groups in total. The van der Waals surface area contributed by atoms with Crippen LogP contribution in [-0.2, 0) is 9.59 Å². The van der Waals surface area contributed by atoms with Crippen LogP contribution >= 0.6 is 11.3 Å². The van der Waals surface area contributed by atoms with Crippen molar-refractivity contribution in [2.45, 2.75) is 19.8 Å². The van der Waals surface area contributed by atoms with Crippen molar-refractivity contribution in [3.63, 3.8) is 0 Å². The van der Waals surface area contributed by atoms with Gasteiger partial charge in [-0.3, -0.25) is 4.79 Å². The summed E-state index contributed by atoms with van der Waals surface area (Å²) in [5.74, 6) is -0.573. The van der Waals surface area contributed by atoms with E-state index in [0.29, 0.717) is 11.6 Å². The largest absolute Gasteiger partial charge is 0.500 e. The van der Waals surface area contributed by atoms with Crippen molar-refractivity contribution in [3.05, 3.63) is 40.6 Å². The summed E-state index contributed by atoms with van der Waals surface area (Å²) in [5.41, 5.74) is 4.33. The molecule has 0 spiro atoms. The van der Waals surface area contributed by atoms with E-state index in [1.807, 2.05) is 12.1 Å². The van der Waals surface area contributed by atoms with Crippen molar-refractivity contribution in [2.24, 2.45) is 0 Å². The van der Waals surface area contributed by atoms with E-state index in [9.17, 15) is 14.4 Å². The summed E-state index contributed by atoms with van der Waals surface area (Å²) in [6.07, 6.45) is 2.50. The van der Waals surface area contributed by atoms with Crippen LogP contribution in [0.2, 0.25) is 0 Å². The number of imide groups is 1. The van der Waals surface area contributed by atoms with Gasteiger partial charge in [0.25, 0.3) is 5.91 Å². The van der Waals surface area contributed by atoms with Crippen LogP contribution in [0.5, 0.6) is 0 Å². The second-order valence-corrected chi connectivity index (χ2v) is 7.53. The third-order valence-corrected chi connectivity index (χ3v) is 5.29. The maximum absolute atomic E-state index is 12.2. The lowest BCUT2D eigenvalue weighted by atomic mass is 10.2. The number of nitrogens with zero attached hydrogens (tertiary/aromatic N) is 3. The van der Waals surface area contributed by atoms with Gasteiger partial charge in [0.2, 0.25) is 0 Å². The molecular weight excluding hydrogens is 364 g/mol. The number of benzene rings is 1. The van der Waals surface area contributed by atoms with E-state index >= 15 is 0 Å². The van der Waals surface area contributed by atoms with Crippen LogP contribution in [0, 0.1) is 0 Å². The summed E-state index contributed by atoms with van der Waals surface area (Å²) in [6, 6.07) is 5.08. The Morgan fingerprint density at radius 2 is 2.11 bits per heavy atom. The number of urea groups is 1. The summed E-state index contributed by atoms with van der Waals surface area (Å²) in [4.78, 5) is 41.4. The van der Waals surface area contributed by atoms with Gasteiger partial charge in [-0.05, 0) is 18.2 Å². The van der Waals surface area contributed by atoms with Gasteiger partial charge >= 0.3 is 11.9 Å². The molecule has 0 fully saturated rings. The Balaban J connectivity index is 1.81. The number of carbonyl (C=O) groups excluding carboxylic acids is 3. The number of thiazole rings is 1. The molecule has 2 aromatic rings. The molecule has 27 heavy (non-hydrogen) atoms. The number of rotatable bonds is 3. The highest BCUT2D eigenvalue weighted by Crippen LogP contribution is 2.29. The first-order chi connectivity index (χ1) is 12.8. The van der Waals surface area contributed by atoms with E-state index in [1.165, 1.54) is 24.9 Å². The van der Waals surface area contributed by atoms with Crippen LogP contribution in [-0.4, -0.2) is 52.6 Å². The van der Waals surface area contributed by atoms with Crippen LogP contribution in [0.3, 0.4) is 0 Å². The summed E-state index contributed by atoms with van der Waals surface area (Å²) in [5, 5.41) is 3.80. The molecule has 0 saturated carbocycles. The molecule has 0 atom stereocenters. The van der Waals surface area contributed by atoms with Gasteiger partial charge in [0.15, 0.2) is 0 Å². The van der Waals surface area contributed by atoms with Crippen molar-refractivity contribution in [2.75, 3.05) is 19.4 Å². The van der Waals surface area contributed by atoms with Crippen molar-refractivity contribution in [1.82, 2.24) is 9.88 Å². The average Bonchev–Trinajstić information content (AvgIpc) is 3.05. The average molecular weight is 383 g/mol. The number of likely N-dealkylation sites (N-methyl/N-ethyl adjacent to an activating group) is 1. The number of nitrogens with one attached hydrogen (secondary N) is 1. The number of anilines is 1. The lowest BCUT2D eigenvalue weighted by Gasteiger charge is -2.12. The Kier molecular flexibility index (Phi) is 5.03. The second kappa shape index (κ2) is 7.26. The van der Waals surface area contributed by atoms with Crippen LogP contribution in [0.4, 0.5) is 10.5 Å². The molecule has 7 nitrogen and oxygen atoms in total. The molecule has 1 aromatic carbocycles. The minimum Gasteiger partial charge on any atom is -0.322 e. The van der Waals surface area contributed by atoms with Crippen LogP contribution < -0.4 is 5.32 Å². The van der Waals surface area contributed by atoms with Gasteiger partial charge in [0.05, 0.1) is 29.3 Å². The predicted molar refractivity (Wildman–Crippen MR) is 104 cm³/mol. The molecule has 1 aliphatic rings. The van der Waals surface area contributed by atoms with Crippen LogP contribution in [0.15, 0.2) is 35.6 Å². The fourth-order valence-electron chi connectivity index (χ4n) is 2.50. The van der Waals surface area contributed by atoms with E-state index in [4.69, 9.17) is 0 Å². The SMILES string of the molecule is CC(C)c1nc2ccc(NC(=O)C=C=C3C=[N+](C)C(=O)N(C)C3=O)cc2s1. The summed E-state index contributed by atoms with van der Waals surface area (Å²) < 4.78 is 2.26. The Labute approximate surface area is 160 Å². The van der Waals surface area contributed by atoms with Crippen LogP contribution in [0.1, 0.15) is 24.8 Å². The molecular formula is C19H19N4O3S+. The van der Waals surface area contributed by atoms with Crippen molar-refractivity contribution in [1.29, 1.82) is 0 Å². The molecule has 1 aliphatic heterocycles. The van der Waals surface area contributed by atoms with Crippen LogP contribution in [0.25, 0.3) is 10.2 Å². The lowest BCUT2D eigenvalue weighted by molar-refractivity contribution is -0.397. The zero-order chi connectivity index (χ0) is 19.7. The van der Waals surface area contributed by atoms with E-state index in [2.05, 4.69) is 29.9 Å². The molecule has 0 saturated heterocycles. The van der Waals surface area contributed by atoms with Gasteiger partial charge in [-0.25, -0.2) is 9.78 Å². The molecule has 0 bridgehead atoms. The molecule has 2 heterocycles. The number of fused-ring (bicyclic) bond motifs is 1. The highest BCUT2D eigenvalue weighted by molar-refractivity contribution is 7.18. The first-order valence-electron chi connectivity index (χ1n) is 8.34. The number of hydrogen-bond acceptors (Lipinski definition) is 5. The lowest BCUT2D eigenvalue weighted by Crippen LogP contribution is -2.44. The standard InChI is InChI=1S/C19H18N4O3S/c1-11(2)17-21-14-7-6-13(9-15(14)27-17)20-16(24)8-5-12-10-22(3)19(26)23(4)18(12)25/h6-11H,1-4H3/p+1. The number of amides is 4. The van der Waals surface area contributed by atoms with Gasteiger partial charge in [-0.15, -0.1) is 11.3 Å². The summed E-state index contributed by atoms with van der Waals surface area (Å²) in [7, 11) is 2.91. The van der Waals surface area contributed by atoms with Gasteiger partial charge in [0.1, 0.15) is 11.8 Å². The van der Waals surface area contributed by atoms with E-state index in [0.717, 1.165) is 26.2 Å². The zero-order valence-corrected chi connectivity index (χ0v) is 16.3. The molecule has 4 amide bonds. The Hall–Kier alpha value is -3.09. The number of carbonyl (C=O) groups is 3. The number of hydrogen-bond donors (Lipinski definition) is 1. The van der Waals surface area contributed by atoms with Crippen molar-refractivity contribution < 1.29 is 19.0 Å². The first-order valence-corrected chi connectivity index (χ1v) is 9.16. The quantitative estimate of drug-likeness (QED) is 0.502. The second-order valence-electron chi connectivity index (χ2n) is 6.47. The monoisotopic (exact) mass is 383 g/mol. The van der Waals surface area contributed by atoms with Gasteiger partial charge in [-0.1, -0.05) is 19.6 Å². The molecule has 1 aromatic heterocycles. The smallest absolute Gasteiger partial charge is 0.322 e. The molecule has 3 rings (SSSR count). The van der Waals surface area contributed by atoms with Crippen molar-refractivity contribution >= 4 is 51.3 Å². The Morgan fingerprint density at radius 1 is 1.37 bits per heavy atom. The number of aromatic nitrogens is 1. The highest BCUT2D eigenvalue weighted by Gasteiger charge is 2.34. The third kappa shape index (κ3) is 3.86. The molecule has 0 unspecified atom stereocenters. The van der Waals surface area contributed by atoms with Gasteiger partial charge in [0, 0.05) is 17.7 Å². The Bertz CT molecular complexity index is 1060. The van der Waals surface area contributed by atoms with E-state index in [1.54, 1.807) is 17.4 Å². The first kappa shape index (κ1) is 18.7. The topological polar surface area (TPSA) is 82.4 Å². The molecule has 8 heteroatoms. The maximum Gasteiger partial charge on any atom is 0.500 e. The minimum atomic E-state index is -0.505. The summed E-state index contributed by atoms with van der Waals surface area (Å²) in [6.45, 7) is 4.18. The molecule has 0 radical (unpaired) electrons. The Morgan fingerprint density at radius 3 is 2.81 bits per heavy atom. The minimum absolute atomic E-state index is 0.134. The highest BCUT2D eigenvalue weighted by atomic mass is 32.1. The predicted octanol–water partition coefficient (Wildman–Crippen LogP) is 2.74. The zero-order valence-electron chi connectivity index (χ0n) is 15.4.